The summed E-state index contributed by atoms with van der Waals surface area (Å²) in [5, 5.41) is 0. The average molecular weight is 1360 g/mol. The lowest BCUT2D eigenvalue weighted by Gasteiger charge is -2.28. The molecule has 0 amide bonds. The van der Waals surface area contributed by atoms with E-state index in [4.69, 9.17) is 18.5 Å². The molecule has 10 heteroatoms. The van der Waals surface area contributed by atoms with Crippen LogP contribution in [0.1, 0.15) is 386 Å². The molecular weight excluding hydrogens is 1210 g/mol. The molecule has 0 bridgehead atoms. The van der Waals surface area contributed by atoms with E-state index < -0.39 is 26.5 Å². The fraction of sp³-hybridized carbons (Fsp3) is 0.791. The predicted octanol–water partition coefficient (Wildman–Crippen LogP) is 26.8. The van der Waals surface area contributed by atoms with Crippen molar-refractivity contribution < 1.29 is 42.1 Å². The number of carbonyl (C=O) groups excluding carboxylic acids is 2. The molecule has 0 saturated heterocycles. The van der Waals surface area contributed by atoms with E-state index in [0.29, 0.717) is 17.4 Å². The van der Waals surface area contributed by atoms with Crippen molar-refractivity contribution in [2.24, 2.45) is 0 Å². The first-order valence-electron chi connectivity index (χ1n) is 40.9. The van der Waals surface area contributed by atoms with Crippen molar-refractivity contribution in [3.63, 3.8) is 0 Å². The van der Waals surface area contributed by atoms with Gasteiger partial charge in [0.25, 0.3) is 7.82 Å². The Morgan fingerprint density at radius 1 is 0.333 bits per heavy atom. The highest BCUT2D eigenvalue weighted by atomic mass is 31.2. The van der Waals surface area contributed by atoms with Crippen LogP contribution in [0.25, 0.3) is 0 Å². The van der Waals surface area contributed by atoms with Crippen LogP contribution < -0.4 is 4.89 Å². The monoisotopic (exact) mass is 1360 g/mol. The van der Waals surface area contributed by atoms with Gasteiger partial charge in [-0.3, -0.25) is 14.2 Å². The van der Waals surface area contributed by atoms with Gasteiger partial charge in [-0.05, 0) is 77.0 Å². The number of hydrogen-bond donors (Lipinski definition) is 0. The molecule has 0 N–H and O–H groups in total. The van der Waals surface area contributed by atoms with Gasteiger partial charge >= 0.3 is 11.9 Å². The van der Waals surface area contributed by atoms with E-state index in [2.05, 4.69) is 111 Å². The third-order valence-corrected chi connectivity index (χ3v) is 19.1. The second kappa shape index (κ2) is 76.1. The number of nitrogens with zero attached hydrogens (tertiary/aromatic N) is 1. The molecule has 9 nitrogen and oxygen atoms in total. The Balaban J connectivity index is 3.96. The van der Waals surface area contributed by atoms with E-state index in [0.717, 1.165) is 89.9 Å². The zero-order valence-electron chi connectivity index (χ0n) is 63.8. The number of unbranched alkanes of at least 4 members (excludes halogenated alkanes) is 46. The molecule has 2 atom stereocenters. The number of rotatable bonds is 76. The van der Waals surface area contributed by atoms with Crippen LogP contribution in [0.15, 0.2) is 97.2 Å². The van der Waals surface area contributed by atoms with Crippen LogP contribution in [0.4, 0.5) is 0 Å². The summed E-state index contributed by atoms with van der Waals surface area (Å²) in [6, 6.07) is 0. The van der Waals surface area contributed by atoms with Crippen LogP contribution in [-0.4, -0.2) is 70.0 Å². The number of esters is 2. The van der Waals surface area contributed by atoms with Gasteiger partial charge in [0.05, 0.1) is 27.7 Å². The average Bonchev–Trinajstić information content (AvgIpc) is 2.72. The highest BCUT2D eigenvalue weighted by Crippen LogP contribution is 2.38. The number of phosphoric acid groups is 1. The van der Waals surface area contributed by atoms with Gasteiger partial charge in [0, 0.05) is 12.8 Å². The summed E-state index contributed by atoms with van der Waals surface area (Å²) < 4.78 is 34.4. The van der Waals surface area contributed by atoms with Gasteiger partial charge in [-0.25, -0.2) is 0 Å². The maximum Gasteiger partial charge on any atom is 0.306 e. The Labute approximate surface area is 595 Å². The predicted molar refractivity (Wildman–Crippen MR) is 416 cm³/mol. The van der Waals surface area contributed by atoms with Crippen molar-refractivity contribution >= 4 is 19.8 Å². The Bertz CT molecular complexity index is 1940. The molecule has 0 aromatic carbocycles. The van der Waals surface area contributed by atoms with E-state index in [1.165, 1.54) is 263 Å². The van der Waals surface area contributed by atoms with Crippen molar-refractivity contribution in [1.82, 2.24) is 0 Å². The smallest absolute Gasteiger partial charge is 0.306 e. The fourth-order valence-corrected chi connectivity index (χ4v) is 12.6. The Morgan fingerprint density at radius 3 is 0.885 bits per heavy atom. The summed E-state index contributed by atoms with van der Waals surface area (Å²) >= 11 is 0. The molecule has 0 aromatic rings. The number of quaternary nitrogens is 1. The Kier molecular flexibility index (Phi) is 73.7. The lowest BCUT2D eigenvalue weighted by Crippen LogP contribution is -2.37. The molecule has 0 aromatic heterocycles. The molecule has 0 heterocycles. The van der Waals surface area contributed by atoms with Crippen molar-refractivity contribution in [2.75, 3.05) is 47.5 Å². The lowest BCUT2D eigenvalue weighted by molar-refractivity contribution is -0.870. The third kappa shape index (κ3) is 79.9. The number of likely N-dealkylation sites (N-methyl/N-ethyl adjacent to an activating group) is 1. The van der Waals surface area contributed by atoms with Gasteiger partial charge in [-0.2, -0.15) is 0 Å². The van der Waals surface area contributed by atoms with Gasteiger partial charge < -0.3 is 27.9 Å². The zero-order valence-corrected chi connectivity index (χ0v) is 64.7. The molecule has 0 aliphatic rings. The number of allylic oxidation sites excluding steroid dienone is 16. The summed E-state index contributed by atoms with van der Waals surface area (Å²) in [6.07, 6.45) is 107. The van der Waals surface area contributed by atoms with Crippen molar-refractivity contribution in [3.8, 4) is 0 Å². The normalized spacial score (nSPS) is 13.5. The van der Waals surface area contributed by atoms with Gasteiger partial charge in [0.15, 0.2) is 6.10 Å². The zero-order chi connectivity index (χ0) is 69.7. The largest absolute Gasteiger partial charge is 0.756 e. The fourth-order valence-electron chi connectivity index (χ4n) is 11.9. The van der Waals surface area contributed by atoms with Crippen LogP contribution in [-0.2, 0) is 32.7 Å². The van der Waals surface area contributed by atoms with E-state index in [1.807, 2.05) is 21.1 Å². The molecular formula is C86H156NO8P. The maximum absolute atomic E-state index is 12.9. The van der Waals surface area contributed by atoms with Crippen LogP contribution in [0, 0.1) is 0 Å². The first kappa shape index (κ1) is 92.9. The van der Waals surface area contributed by atoms with Gasteiger partial charge in [-0.15, -0.1) is 0 Å². The minimum Gasteiger partial charge on any atom is -0.756 e. The van der Waals surface area contributed by atoms with Crippen LogP contribution >= 0.6 is 7.82 Å². The van der Waals surface area contributed by atoms with E-state index in [1.54, 1.807) is 0 Å². The second-order valence-electron chi connectivity index (χ2n) is 28.8. The molecule has 558 valence electrons. The maximum atomic E-state index is 12.9. The molecule has 0 saturated carbocycles. The third-order valence-electron chi connectivity index (χ3n) is 18.1. The minimum atomic E-state index is -4.65. The molecule has 0 spiro atoms. The molecule has 0 aliphatic heterocycles. The van der Waals surface area contributed by atoms with Gasteiger partial charge in [0.2, 0.25) is 0 Å². The Morgan fingerprint density at radius 2 is 0.594 bits per heavy atom. The summed E-state index contributed by atoms with van der Waals surface area (Å²) in [5.74, 6) is -0.821. The standard InChI is InChI=1S/C86H156NO8P/c1-6-8-10-12-14-16-18-20-22-24-26-28-30-32-34-36-38-40-42-43-45-47-49-51-53-55-57-59-61-63-65-67-69-71-73-75-77-79-86(89)95-84(83-94-96(90,91)93-81-80-87(3,4)5)82-92-85(88)78-76-74-72-70-68-66-64-62-60-58-56-54-52-50-48-46-44-41-39-37-35-33-31-29-27-25-23-21-19-17-15-13-11-9-7-2/h8,10,14,16,20,22,26,28,32,34,38,40,43,45,49,51,84H,6-7,9,11-13,15,17-19,21,23-25,27,29-31,33,35-37,39,41-42,44,46-48,50,52-83H2,1-5H3/b10-8-,16-14-,22-20-,28-26-,34-32-,40-38-,45-43-,51-49-. The first-order chi connectivity index (χ1) is 47.0. The lowest BCUT2D eigenvalue weighted by atomic mass is 10.0. The molecule has 96 heavy (non-hydrogen) atoms. The molecule has 0 fully saturated rings. The van der Waals surface area contributed by atoms with Gasteiger partial charge in [0.1, 0.15) is 19.8 Å². The quantitative estimate of drug-likeness (QED) is 0.0195. The van der Waals surface area contributed by atoms with Crippen molar-refractivity contribution in [3.05, 3.63) is 97.2 Å². The van der Waals surface area contributed by atoms with Crippen molar-refractivity contribution in [1.29, 1.82) is 0 Å². The van der Waals surface area contributed by atoms with Crippen molar-refractivity contribution in [2.45, 2.75) is 392 Å². The second-order valence-corrected chi connectivity index (χ2v) is 30.2. The van der Waals surface area contributed by atoms with Crippen LogP contribution in [0.5, 0.6) is 0 Å². The van der Waals surface area contributed by atoms with E-state index >= 15 is 0 Å². The minimum absolute atomic E-state index is 0.0324. The summed E-state index contributed by atoms with van der Waals surface area (Å²) in [6.45, 7) is 4.18. The number of hydrogen-bond acceptors (Lipinski definition) is 8. The summed E-state index contributed by atoms with van der Waals surface area (Å²) in [7, 11) is 1.17. The van der Waals surface area contributed by atoms with Crippen LogP contribution in [0.3, 0.4) is 0 Å². The summed E-state index contributed by atoms with van der Waals surface area (Å²) in [4.78, 5) is 38.2. The highest BCUT2D eigenvalue weighted by Gasteiger charge is 2.22. The molecule has 2 unspecified atom stereocenters. The number of carbonyl (C=O) groups is 2. The topological polar surface area (TPSA) is 111 Å². The first-order valence-corrected chi connectivity index (χ1v) is 42.4. The number of ether oxygens (including phenoxy) is 2. The molecule has 0 aliphatic carbocycles. The van der Waals surface area contributed by atoms with E-state index in [-0.39, 0.29) is 32.0 Å². The molecule has 0 radical (unpaired) electrons. The van der Waals surface area contributed by atoms with Crippen LogP contribution in [0.2, 0.25) is 0 Å². The highest BCUT2D eigenvalue weighted by molar-refractivity contribution is 7.45. The Hall–Kier alpha value is -3.07. The number of phosphoric ester groups is 1. The van der Waals surface area contributed by atoms with E-state index in [9.17, 15) is 19.0 Å². The summed E-state index contributed by atoms with van der Waals surface area (Å²) in [5.41, 5.74) is 0. The molecule has 0 rings (SSSR count). The SMILES string of the molecule is CC/C=C\C/C=C\C/C=C\C/C=C\C/C=C\C/C=C\C/C=C\C/C=C\CCCCCCCCCCCCCCC(=O)OC(COC(=O)CCCCCCCCCCCCCCCCCCCCCCCCCCCCCCCCCCCCC)COP(=O)([O-])OCC[N+](C)(C)C. The van der Waals surface area contributed by atoms with Gasteiger partial charge in [-0.1, -0.05) is 394 Å².